The van der Waals surface area contributed by atoms with Crippen LogP contribution in [-0.4, -0.2) is 17.7 Å². The molecule has 3 nitrogen and oxygen atoms in total. The first kappa shape index (κ1) is 27.2. The molecule has 1 N–H and O–H groups in total. The molecule has 0 unspecified atom stereocenters. The minimum absolute atomic E-state index is 0.153. The van der Waals surface area contributed by atoms with Crippen LogP contribution in [0.4, 0.5) is 0 Å². The van der Waals surface area contributed by atoms with Gasteiger partial charge in [0.15, 0.2) is 0 Å². The topological polar surface area (TPSA) is 46.5 Å². The number of hydrogen-bond donors (Lipinski definition) is 1. The number of carboxylic acid groups (broad SMARTS) is 1. The van der Waals surface area contributed by atoms with Crippen LogP contribution in [0.1, 0.15) is 114 Å². The molecule has 3 aromatic rings. The minimum Gasteiger partial charge on any atom is -0.493 e. The lowest BCUT2D eigenvalue weighted by molar-refractivity contribution is 0.0692. The molecule has 0 bridgehead atoms. The van der Waals surface area contributed by atoms with Crippen molar-refractivity contribution in [3.05, 3.63) is 65.2 Å². The van der Waals surface area contributed by atoms with E-state index in [1.807, 2.05) is 12.1 Å². The maximum Gasteiger partial charge on any atom is 0.339 e. The number of benzene rings is 3. The molecular weight excluding hydrogens is 456 g/mol. The van der Waals surface area contributed by atoms with Crippen molar-refractivity contribution in [2.45, 2.75) is 103 Å². The van der Waals surface area contributed by atoms with Gasteiger partial charge in [0.25, 0.3) is 0 Å². The molecule has 0 spiro atoms. The lowest BCUT2D eigenvalue weighted by Crippen LogP contribution is -2.33. The Bertz CT molecular complexity index is 1250. The van der Waals surface area contributed by atoms with E-state index < -0.39 is 5.97 Å². The summed E-state index contributed by atoms with van der Waals surface area (Å²) in [5.41, 5.74) is 5.39. The molecule has 198 valence electrons. The van der Waals surface area contributed by atoms with Crippen molar-refractivity contribution in [2.24, 2.45) is 0 Å². The summed E-state index contributed by atoms with van der Waals surface area (Å²) < 4.78 is 5.91. The van der Waals surface area contributed by atoms with Gasteiger partial charge in [0, 0.05) is 0 Å². The maximum atomic E-state index is 12.1. The van der Waals surface area contributed by atoms with E-state index >= 15 is 0 Å². The number of unbranched alkanes of at least 4 members (excludes halogenated alkanes) is 6. The van der Waals surface area contributed by atoms with E-state index in [4.69, 9.17) is 4.74 Å². The predicted octanol–water partition coefficient (Wildman–Crippen LogP) is 9.68. The van der Waals surface area contributed by atoms with Crippen LogP contribution < -0.4 is 4.74 Å². The normalized spacial score (nSPS) is 15.9. The molecule has 0 radical (unpaired) electrons. The Balaban J connectivity index is 1.54. The van der Waals surface area contributed by atoms with Gasteiger partial charge in [-0.3, -0.25) is 0 Å². The molecule has 0 atom stereocenters. The molecular formula is C34H44O3. The molecule has 0 aliphatic heterocycles. The van der Waals surface area contributed by atoms with E-state index in [0.29, 0.717) is 12.4 Å². The van der Waals surface area contributed by atoms with Crippen LogP contribution in [0.5, 0.6) is 5.75 Å². The lowest BCUT2D eigenvalue weighted by Gasteiger charge is -2.42. The Kier molecular flexibility index (Phi) is 8.31. The number of hydrogen-bond acceptors (Lipinski definition) is 2. The maximum absolute atomic E-state index is 12.1. The number of carboxylic acids is 1. The summed E-state index contributed by atoms with van der Waals surface area (Å²) in [6, 6.07) is 16.8. The molecule has 0 saturated heterocycles. The molecule has 0 saturated carbocycles. The highest BCUT2D eigenvalue weighted by Gasteiger charge is 2.37. The quantitative estimate of drug-likeness (QED) is 0.267. The first-order valence-corrected chi connectivity index (χ1v) is 14.2. The third-order valence-electron chi connectivity index (χ3n) is 8.36. The fourth-order valence-electron chi connectivity index (χ4n) is 5.74. The molecule has 3 aromatic carbocycles. The minimum atomic E-state index is -0.949. The first-order chi connectivity index (χ1) is 17.6. The van der Waals surface area contributed by atoms with Gasteiger partial charge in [-0.25, -0.2) is 4.79 Å². The van der Waals surface area contributed by atoms with Crippen LogP contribution in [-0.2, 0) is 10.8 Å². The van der Waals surface area contributed by atoms with Crippen molar-refractivity contribution in [2.75, 3.05) is 6.61 Å². The van der Waals surface area contributed by atoms with Crippen molar-refractivity contribution in [3.63, 3.8) is 0 Å². The SMILES string of the molecule is CCCCCCCCCOc1ccc(-c2ccc3cc4c(cc3c2)C(C)(C)CCC4(C)C)cc1C(=O)O. The average Bonchev–Trinajstić information content (AvgIpc) is 2.87. The van der Waals surface area contributed by atoms with Gasteiger partial charge in [-0.15, -0.1) is 0 Å². The van der Waals surface area contributed by atoms with Crippen molar-refractivity contribution in [1.29, 1.82) is 0 Å². The zero-order valence-electron chi connectivity index (χ0n) is 23.5. The molecule has 0 amide bonds. The van der Waals surface area contributed by atoms with Crippen molar-refractivity contribution >= 4 is 16.7 Å². The van der Waals surface area contributed by atoms with Gasteiger partial charge in [-0.2, -0.15) is 0 Å². The Labute approximate surface area is 223 Å². The average molecular weight is 501 g/mol. The zero-order valence-corrected chi connectivity index (χ0v) is 23.5. The van der Waals surface area contributed by atoms with Gasteiger partial charge in [0.05, 0.1) is 6.61 Å². The Hall–Kier alpha value is -2.81. The van der Waals surface area contributed by atoms with Gasteiger partial charge in [0.2, 0.25) is 0 Å². The highest BCUT2D eigenvalue weighted by molar-refractivity contribution is 5.94. The lowest BCUT2D eigenvalue weighted by atomic mass is 9.63. The summed E-state index contributed by atoms with van der Waals surface area (Å²) in [5.74, 6) is -0.490. The zero-order chi connectivity index (χ0) is 26.6. The standard InChI is InChI=1S/C34H44O3/c1-6-7-8-9-10-11-12-19-37-31-16-15-25(21-28(31)32(35)36)24-13-14-26-22-29-30(23-27(26)20-24)34(4,5)18-17-33(29,2)3/h13-16,20-23H,6-12,17-19H2,1-5H3,(H,35,36). The highest BCUT2D eigenvalue weighted by Crippen LogP contribution is 2.47. The summed E-state index contributed by atoms with van der Waals surface area (Å²) in [6.07, 6.45) is 10.8. The summed E-state index contributed by atoms with van der Waals surface area (Å²) in [6.45, 7) is 12.2. The number of fused-ring (bicyclic) bond motifs is 2. The van der Waals surface area contributed by atoms with E-state index in [-0.39, 0.29) is 16.4 Å². The van der Waals surface area contributed by atoms with Gasteiger partial charge in [-0.05, 0) is 81.3 Å². The highest BCUT2D eigenvalue weighted by atomic mass is 16.5. The summed E-state index contributed by atoms with van der Waals surface area (Å²) in [4.78, 5) is 12.1. The van der Waals surface area contributed by atoms with Crippen molar-refractivity contribution in [1.82, 2.24) is 0 Å². The van der Waals surface area contributed by atoms with E-state index in [2.05, 4.69) is 65.0 Å². The Morgan fingerprint density at radius 3 is 1.97 bits per heavy atom. The molecule has 0 heterocycles. The van der Waals surface area contributed by atoms with Crippen LogP contribution in [0.3, 0.4) is 0 Å². The second-order valence-corrected chi connectivity index (χ2v) is 12.2. The second kappa shape index (κ2) is 11.3. The molecule has 3 heteroatoms. The van der Waals surface area contributed by atoms with E-state index in [1.165, 1.54) is 66.8 Å². The molecule has 0 aromatic heterocycles. The van der Waals surface area contributed by atoms with E-state index in [1.54, 1.807) is 6.07 Å². The smallest absolute Gasteiger partial charge is 0.339 e. The van der Waals surface area contributed by atoms with E-state index in [9.17, 15) is 9.90 Å². The second-order valence-electron chi connectivity index (χ2n) is 12.2. The van der Waals surface area contributed by atoms with Crippen LogP contribution in [0.2, 0.25) is 0 Å². The third kappa shape index (κ3) is 6.20. The van der Waals surface area contributed by atoms with Crippen LogP contribution in [0.15, 0.2) is 48.5 Å². The van der Waals surface area contributed by atoms with Crippen molar-refractivity contribution < 1.29 is 14.6 Å². The van der Waals surface area contributed by atoms with Gasteiger partial charge in [-0.1, -0.05) is 103 Å². The Morgan fingerprint density at radius 2 is 1.32 bits per heavy atom. The van der Waals surface area contributed by atoms with Gasteiger partial charge < -0.3 is 9.84 Å². The monoisotopic (exact) mass is 500 g/mol. The third-order valence-corrected chi connectivity index (χ3v) is 8.36. The van der Waals surface area contributed by atoms with Crippen LogP contribution in [0.25, 0.3) is 21.9 Å². The predicted molar refractivity (Wildman–Crippen MR) is 155 cm³/mol. The molecule has 4 rings (SSSR count). The van der Waals surface area contributed by atoms with E-state index in [0.717, 1.165) is 24.0 Å². The largest absolute Gasteiger partial charge is 0.493 e. The molecule has 0 fully saturated rings. The van der Waals surface area contributed by atoms with Gasteiger partial charge >= 0.3 is 5.97 Å². The fraction of sp³-hybridized carbons (Fsp3) is 0.500. The fourth-order valence-corrected chi connectivity index (χ4v) is 5.74. The summed E-state index contributed by atoms with van der Waals surface area (Å²) >= 11 is 0. The number of carbonyl (C=O) groups is 1. The Morgan fingerprint density at radius 1 is 0.757 bits per heavy atom. The number of aromatic carboxylic acids is 1. The molecule has 1 aliphatic carbocycles. The van der Waals surface area contributed by atoms with Gasteiger partial charge in [0.1, 0.15) is 11.3 Å². The number of ether oxygens (including phenoxy) is 1. The number of rotatable bonds is 11. The molecule has 37 heavy (non-hydrogen) atoms. The van der Waals surface area contributed by atoms with Crippen molar-refractivity contribution in [3.8, 4) is 16.9 Å². The van der Waals surface area contributed by atoms with Crippen LogP contribution in [0, 0.1) is 0 Å². The molecule has 1 aliphatic rings. The van der Waals surface area contributed by atoms with Crippen LogP contribution >= 0.6 is 0 Å². The summed E-state index contributed by atoms with van der Waals surface area (Å²) in [7, 11) is 0. The summed E-state index contributed by atoms with van der Waals surface area (Å²) in [5, 5.41) is 12.3. The first-order valence-electron chi connectivity index (χ1n) is 14.2.